The first-order valence-corrected chi connectivity index (χ1v) is 13.2. The number of rotatable bonds is 10. The second-order valence-electron chi connectivity index (χ2n) is 10.1. The zero-order valence-electron chi connectivity index (χ0n) is 20.7. The summed E-state index contributed by atoms with van der Waals surface area (Å²) in [6.07, 6.45) is 18.7. The van der Waals surface area contributed by atoms with Crippen molar-refractivity contribution < 1.29 is 4.39 Å². The van der Waals surface area contributed by atoms with Crippen LogP contribution in [0.2, 0.25) is 0 Å². The highest BCUT2D eigenvalue weighted by atomic mass is 19.1. The van der Waals surface area contributed by atoms with Crippen molar-refractivity contribution in [3.05, 3.63) is 96.3 Å². The van der Waals surface area contributed by atoms with Crippen LogP contribution < -0.4 is 0 Å². The number of allylic oxidation sites excluding steroid dienone is 3. The Balaban J connectivity index is 1.36. The SMILES string of the molecule is C=CCCC1CCC(CCc2ccc(-c3ccc4cc(CC/C=C/C)ccc4c3F)cc2)CC1. The van der Waals surface area contributed by atoms with Crippen molar-refractivity contribution in [3.63, 3.8) is 0 Å². The van der Waals surface area contributed by atoms with E-state index in [2.05, 4.69) is 67.3 Å². The molecule has 0 unspecified atom stereocenters. The van der Waals surface area contributed by atoms with Gasteiger partial charge in [0.05, 0.1) is 0 Å². The van der Waals surface area contributed by atoms with E-state index >= 15 is 4.39 Å². The molecule has 0 nitrogen and oxygen atoms in total. The monoisotopic (exact) mass is 454 g/mol. The van der Waals surface area contributed by atoms with E-state index in [9.17, 15) is 0 Å². The maximum atomic E-state index is 15.4. The number of halogens is 1. The lowest BCUT2D eigenvalue weighted by molar-refractivity contribution is 0.254. The molecule has 1 heteroatoms. The standard InChI is InChI=1S/C33H39F/c1-3-5-7-9-28-18-22-32-30(24-28)21-23-31(33(32)34)29-19-16-27(17-20-29)15-14-26-12-10-25(11-13-26)8-6-4-2/h3-5,16-26H,2,6-15H2,1H3/b5-3+. The molecule has 0 aliphatic heterocycles. The average Bonchev–Trinajstić information content (AvgIpc) is 2.88. The van der Waals surface area contributed by atoms with Gasteiger partial charge in [-0.05, 0) is 79.4 Å². The molecule has 0 heterocycles. The molecular formula is C33H39F. The van der Waals surface area contributed by atoms with Crippen LogP contribution in [0, 0.1) is 17.7 Å². The van der Waals surface area contributed by atoms with E-state index in [1.165, 1.54) is 49.7 Å². The lowest BCUT2D eigenvalue weighted by Crippen LogP contribution is -2.15. The molecule has 3 aromatic carbocycles. The third-order valence-corrected chi connectivity index (χ3v) is 7.71. The van der Waals surface area contributed by atoms with Crippen LogP contribution in [-0.4, -0.2) is 0 Å². The third-order valence-electron chi connectivity index (χ3n) is 7.71. The van der Waals surface area contributed by atoms with Gasteiger partial charge in [-0.15, -0.1) is 6.58 Å². The molecule has 1 fully saturated rings. The number of hydrogen-bond acceptors (Lipinski definition) is 0. The van der Waals surface area contributed by atoms with E-state index in [0.717, 1.165) is 48.5 Å². The predicted octanol–water partition coefficient (Wildman–Crippen LogP) is 9.86. The Morgan fingerprint density at radius 2 is 1.53 bits per heavy atom. The Morgan fingerprint density at radius 1 is 0.824 bits per heavy atom. The van der Waals surface area contributed by atoms with Gasteiger partial charge in [-0.1, -0.05) is 98.5 Å². The van der Waals surface area contributed by atoms with Gasteiger partial charge in [-0.25, -0.2) is 4.39 Å². The Bertz CT molecular complexity index is 1100. The summed E-state index contributed by atoms with van der Waals surface area (Å²) in [7, 11) is 0. The van der Waals surface area contributed by atoms with Gasteiger partial charge >= 0.3 is 0 Å². The van der Waals surface area contributed by atoms with E-state index in [1.807, 2.05) is 19.1 Å². The molecule has 3 aromatic rings. The van der Waals surface area contributed by atoms with Gasteiger partial charge in [0.1, 0.15) is 5.82 Å². The summed E-state index contributed by atoms with van der Waals surface area (Å²) in [6, 6.07) is 18.7. The Labute approximate surface area is 205 Å². The Kier molecular flexibility index (Phi) is 8.74. The molecule has 0 aromatic heterocycles. The van der Waals surface area contributed by atoms with Crippen molar-refractivity contribution in [2.75, 3.05) is 0 Å². The van der Waals surface area contributed by atoms with Crippen molar-refractivity contribution >= 4 is 10.8 Å². The molecule has 0 spiro atoms. The third kappa shape index (κ3) is 6.26. The van der Waals surface area contributed by atoms with Gasteiger partial charge < -0.3 is 0 Å². The second kappa shape index (κ2) is 12.2. The van der Waals surface area contributed by atoms with Gasteiger partial charge in [0.25, 0.3) is 0 Å². The zero-order valence-corrected chi connectivity index (χ0v) is 20.7. The van der Waals surface area contributed by atoms with Crippen LogP contribution in [0.25, 0.3) is 21.9 Å². The molecule has 0 radical (unpaired) electrons. The van der Waals surface area contributed by atoms with Crippen molar-refractivity contribution in [1.29, 1.82) is 0 Å². The molecule has 4 rings (SSSR count). The molecule has 0 bridgehead atoms. The summed E-state index contributed by atoms with van der Waals surface area (Å²) in [6.45, 7) is 5.90. The van der Waals surface area contributed by atoms with Crippen molar-refractivity contribution in [1.82, 2.24) is 0 Å². The molecular weight excluding hydrogens is 415 g/mol. The Hall–Kier alpha value is -2.67. The first-order chi connectivity index (χ1) is 16.7. The van der Waals surface area contributed by atoms with Crippen molar-refractivity contribution in [3.8, 4) is 11.1 Å². The molecule has 178 valence electrons. The van der Waals surface area contributed by atoms with Gasteiger partial charge in [0.15, 0.2) is 0 Å². The fourth-order valence-electron chi connectivity index (χ4n) is 5.52. The van der Waals surface area contributed by atoms with Crippen LogP contribution in [0.15, 0.2) is 79.4 Å². The minimum absolute atomic E-state index is 0.113. The molecule has 0 amide bonds. The molecule has 1 aliphatic rings. The second-order valence-corrected chi connectivity index (χ2v) is 10.1. The van der Waals surface area contributed by atoms with Crippen LogP contribution >= 0.6 is 0 Å². The highest BCUT2D eigenvalue weighted by Crippen LogP contribution is 2.34. The van der Waals surface area contributed by atoms with E-state index in [1.54, 1.807) is 0 Å². The number of aryl methyl sites for hydroxylation is 2. The summed E-state index contributed by atoms with van der Waals surface area (Å²) >= 11 is 0. The fraction of sp³-hybridized carbons (Fsp3) is 0.394. The summed E-state index contributed by atoms with van der Waals surface area (Å²) in [5.74, 6) is 1.66. The largest absolute Gasteiger partial charge is 0.206 e. The maximum absolute atomic E-state index is 15.4. The topological polar surface area (TPSA) is 0 Å². The van der Waals surface area contributed by atoms with Crippen molar-refractivity contribution in [2.45, 2.75) is 71.1 Å². The van der Waals surface area contributed by atoms with Crippen LogP contribution in [0.1, 0.15) is 69.4 Å². The summed E-state index contributed by atoms with van der Waals surface area (Å²) in [5.41, 5.74) is 4.28. The van der Waals surface area contributed by atoms with Crippen LogP contribution in [0.3, 0.4) is 0 Å². The van der Waals surface area contributed by atoms with Crippen LogP contribution in [0.4, 0.5) is 4.39 Å². The van der Waals surface area contributed by atoms with Gasteiger partial charge in [-0.2, -0.15) is 0 Å². The van der Waals surface area contributed by atoms with Crippen molar-refractivity contribution in [2.24, 2.45) is 11.8 Å². The lowest BCUT2D eigenvalue weighted by atomic mass is 9.78. The smallest absolute Gasteiger partial charge is 0.138 e. The molecule has 0 saturated heterocycles. The first-order valence-electron chi connectivity index (χ1n) is 13.2. The van der Waals surface area contributed by atoms with Crippen LogP contribution in [-0.2, 0) is 12.8 Å². The highest BCUT2D eigenvalue weighted by Gasteiger charge is 2.20. The molecule has 0 N–H and O–H groups in total. The average molecular weight is 455 g/mol. The maximum Gasteiger partial charge on any atom is 0.138 e. The number of benzene rings is 3. The van der Waals surface area contributed by atoms with Crippen LogP contribution in [0.5, 0.6) is 0 Å². The Morgan fingerprint density at radius 3 is 2.24 bits per heavy atom. The van der Waals surface area contributed by atoms with E-state index in [0.29, 0.717) is 10.9 Å². The molecule has 1 saturated carbocycles. The van der Waals surface area contributed by atoms with Gasteiger partial charge in [0, 0.05) is 10.9 Å². The summed E-state index contributed by atoms with van der Waals surface area (Å²) < 4.78 is 15.4. The zero-order chi connectivity index (χ0) is 23.8. The quantitative estimate of drug-likeness (QED) is 0.267. The number of fused-ring (bicyclic) bond motifs is 1. The summed E-state index contributed by atoms with van der Waals surface area (Å²) in [4.78, 5) is 0. The molecule has 34 heavy (non-hydrogen) atoms. The van der Waals surface area contributed by atoms with Gasteiger partial charge in [-0.3, -0.25) is 0 Å². The lowest BCUT2D eigenvalue weighted by Gasteiger charge is -2.28. The highest BCUT2D eigenvalue weighted by molar-refractivity contribution is 5.88. The minimum Gasteiger partial charge on any atom is -0.206 e. The number of hydrogen-bond donors (Lipinski definition) is 0. The normalized spacial score (nSPS) is 18.5. The van der Waals surface area contributed by atoms with E-state index < -0.39 is 0 Å². The van der Waals surface area contributed by atoms with Gasteiger partial charge in [0.2, 0.25) is 0 Å². The summed E-state index contributed by atoms with van der Waals surface area (Å²) in [5, 5.41) is 1.69. The molecule has 0 atom stereocenters. The molecule has 1 aliphatic carbocycles. The van der Waals surface area contributed by atoms with E-state index in [4.69, 9.17) is 0 Å². The fourth-order valence-corrected chi connectivity index (χ4v) is 5.52. The first kappa shape index (κ1) is 24.5. The minimum atomic E-state index is -0.113. The van der Waals surface area contributed by atoms with E-state index in [-0.39, 0.29) is 5.82 Å². The predicted molar refractivity (Wildman–Crippen MR) is 146 cm³/mol.